The van der Waals surface area contributed by atoms with Crippen molar-refractivity contribution in [1.29, 1.82) is 0 Å². The number of carbonyl (C=O) groups excluding carboxylic acids is 1. The number of aromatic nitrogens is 2. The van der Waals surface area contributed by atoms with Gasteiger partial charge in [0.15, 0.2) is 0 Å². The molecule has 0 spiro atoms. The SMILES string of the molecule is CSNCCNC(=O)c1cnccc1Nc1cc(-c2cc(Cl)ccc2F)ncc1C(C)C. The Kier molecular flexibility index (Phi) is 8.44. The molecule has 2 aromatic heterocycles. The minimum absolute atomic E-state index is 0.153. The van der Waals surface area contributed by atoms with Gasteiger partial charge in [0.2, 0.25) is 0 Å². The molecule has 0 fully saturated rings. The van der Waals surface area contributed by atoms with Crippen LogP contribution in [0.25, 0.3) is 11.3 Å². The van der Waals surface area contributed by atoms with Crippen molar-refractivity contribution in [2.24, 2.45) is 0 Å². The second kappa shape index (κ2) is 11.3. The fraction of sp³-hybridized carbons (Fsp3) is 0.261. The summed E-state index contributed by atoms with van der Waals surface area (Å²) >= 11 is 7.56. The Hall–Kier alpha value is -2.68. The molecule has 0 bridgehead atoms. The molecular weight excluding hydrogens is 449 g/mol. The van der Waals surface area contributed by atoms with Crippen molar-refractivity contribution < 1.29 is 9.18 Å². The Labute approximate surface area is 196 Å². The molecule has 0 unspecified atom stereocenters. The van der Waals surface area contributed by atoms with Crippen molar-refractivity contribution >= 4 is 40.8 Å². The third kappa shape index (κ3) is 5.97. The number of carbonyl (C=O) groups is 1. The van der Waals surface area contributed by atoms with Crippen LogP contribution in [0.15, 0.2) is 48.9 Å². The molecule has 3 aromatic rings. The van der Waals surface area contributed by atoms with Gasteiger partial charge in [0.25, 0.3) is 5.91 Å². The monoisotopic (exact) mass is 473 g/mol. The minimum atomic E-state index is -0.409. The topological polar surface area (TPSA) is 78.9 Å². The van der Waals surface area contributed by atoms with Gasteiger partial charge in [-0.1, -0.05) is 37.4 Å². The van der Waals surface area contributed by atoms with Crippen molar-refractivity contribution in [3.63, 3.8) is 0 Å². The van der Waals surface area contributed by atoms with Crippen LogP contribution in [0.4, 0.5) is 15.8 Å². The van der Waals surface area contributed by atoms with E-state index in [9.17, 15) is 9.18 Å². The summed E-state index contributed by atoms with van der Waals surface area (Å²) in [7, 11) is 0. The van der Waals surface area contributed by atoms with Gasteiger partial charge in [-0.2, -0.15) is 0 Å². The molecule has 0 aliphatic heterocycles. The molecule has 1 aromatic carbocycles. The summed E-state index contributed by atoms with van der Waals surface area (Å²) in [5.74, 6) is -0.488. The quantitative estimate of drug-likeness (QED) is 0.285. The first-order valence-electron chi connectivity index (χ1n) is 10.1. The lowest BCUT2D eigenvalue weighted by molar-refractivity contribution is 0.0955. The molecule has 0 atom stereocenters. The number of nitrogens with zero attached hydrogens (tertiary/aromatic N) is 2. The molecule has 0 saturated heterocycles. The predicted octanol–water partition coefficient (Wildman–Crippen LogP) is 5.40. The Morgan fingerprint density at radius 3 is 2.72 bits per heavy atom. The number of hydrogen-bond acceptors (Lipinski definition) is 6. The van der Waals surface area contributed by atoms with E-state index in [2.05, 4.69) is 25.3 Å². The van der Waals surface area contributed by atoms with Gasteiger partial charge in [0, 0.05) is 48.0 Å². The van der Waals surface area contributed by atoms with Crippen LogP contribution in [0.5, 0.6) is 0 Å². The summed E-state index contributed by atoms with van der Waals surface area (Å²) in [6, 6.07) is 7.87. The number of benzene rings is 1. The van der Waals surface area contributed by atoms with Crippen molar-refractivity contribution in [2.45, 2.75) is 19.8 Å². The van der Waals surface area contributed by atoms with Crippen LogP contribution in [0.3, 0.4) is 0 Å². The zero-order valence-corrected chi connectivity index (χ0v) is 19.6. The van der Waals surface area contributed by atoms with E-state index in [0.717, 1.165) is 11.3 Å². The van der Waals surface area contributed by atoms with Crippen molar-refractivity contribution in [2.75, 3.05) is 24.7 Å². The molecule has 32 heavy (non-hydrogen) atoms. The average molecular weight is 474 g/mol. The molecule has 3 rings (SSSR count). The van der Waals surface area contributed by atoms with Gasteiger partial charge in [-0.15, -0.1) is 0 Å². The van der Waals surface area contributed by atoms with Gasteiger partial charge in [0.05, 0.1) is 16.9 Å². The van der Waals surface area contributed by atoms with Crippen LogP contribution in [-0.4, -0.2) is 35.2 Å². The standard InChI is InChI=1S/C23H25ClFN5OS/c1-14(2)17-13-28-21(16-10-15(24)4-5-19(16)25)11-22(17)30-20-6-7-26-12-18(20)23(31)27-8-9-29-32-3/h4-7,10-14,29H,8-9H2,1-3H3,(H,27,31)(H,26,28,30). The van der Waals surface area contributed by atoms with Crippen LogP contribution in [-0.2, 0) is 0 Å². The van der Waals surface area contributed by atoms with E-state index in [0.29, 0.717) is 40.6 Å². The summed E-state index contributed by atoms with van der Waals surface area (Å²) in [5.41, 5.74) is 3.43. The molecule has 2 heterocycles. The molecule has 6 nitrogen and oxygen atoms in total. The highest BCUT2D eigenvalue weighted by Crippen LogP contribution is 2.33. The fourth-order valence-corrected chi connectivity index (χ4v) is 3.61. The lowest BCUT2D eigenvalue weighted by atomic mass is 10.0. The van der Waals surface area contributed by atoms with Gasteiger partial charge >= 0.3 is 0 Å². The molecule has 0 aliphatic carbocycles. The second-order valence-corrected chi connectivity index (χ2v) is 8.47. The Morgan fingerprint density at radius 2 is 1.97 bits per heavy atom. The number of pyridine rings is 2. The number of rotatable bonds is 9. The highest BCUT2D eigenvalue weighted by molar-refractivity contribution is 7.96. The summed E-state index contributed by atoms with van der Waals surface area (Å²) in [4.78, 5) is 21.3. The molecule has 9 heteroatoms. The number of hydrogen-bond donors (Lipinski definition) is 3. The predicted molar refractivity (Wildman–Crippen MR) is 130 cm³/mol. The van der Waals surface area contributed by atoms with E-state index in [1.807, 2.05) is 20.1 Å². The van der Waals surface area contributed by atoms with Crippen molar-refractivity contribution in [3.8, 4) is 11.3 Å². The molecule has 0 aliphatic rings. The Balaban J connectivity index is 1.94. The molecular formula is C23H25ClFN5OS. The Morgan fingerprint density at radius 1 is 1.16 bits per heavy atom. The third-order valence-electron chi connectivity index (χ3n) is 4.75. The normalized spacial score (nSPS) is 10.9. The summed E-state index contributed by atoms with van der Waals surface area (Å²) in [5, 5.41) is 6.64. The molecule has 0 saturated carbocycles. The van der Waals surface area contributed by atoms with Crippen LogP contribution >= 0.6 is 23.5 Å². The number of halogens is 2. The van der Waals surface area contributed by atoms with E-state index < -0.39 is 5.82 Å². The van der Waals surface area contributed by atoms with Crippen LogP contribution in [0.2, 0.25) is 5.02 Å². The molecule has 168 valence electrons. The molecule has 0 radical (unpaired) electrons. The van der Waals surface area contributed by atoms with E-state index >= 15 is 0 Å². The van der Waals surface area contributed by atoms with Gasteiger partial charge < -0.3 is 10.6 Å². The van der Waals surface area contributed by atoms with Crippen LogP contribution < -0.4 is 15.4 Å². The number of nitrogens with one attached hydrogen (secondary N) is 3. The second-order valence-electron chi connectivity index (χ2n) is 7.34. The zero-order valence-electron chi connectivity index (χ0n) is 18.1. The highest BCUT2D eigenvalue weighted by Gasteiger charge is 2.16. The van der Waals surface area contributed by atoms with Crippen LogP contribution in [0.1, 0.15) is 35.7 Å². The van der Waals surface area contributed by atoms with E-state index in [-0.39, 0.29) is 11.8 Å². The van der Waals surface area contributed by atoms with E-state index in [1.165, 1.54) is 30.3 Å². The molecule has 1 amide bonds. The first-order chi connectivity index (χ1) is 15.4. The summed E-state index contributed by atoms with van der Waals surface area (Å²) < 4.78 is 17.5. The number of anilines is 2. The lowest BCUT2D eigenvalue weighted by Crippen LogP contribution is -2.30. The lowest BCUT2D eigenvalue weighted by Gasteiger charge is -2.18. The highest BCUT2D eigenvalue weighted by atomic mass is 35.5. The van der Waals surface area contributed by atoms with Gasteiger partial charge in [-0.05, 0) is 48.1 Å². The maximum atomic E-state index is 14.4. The molecule has 3 N–H and O–H groups in total. The zero-order chi connectivity index (χ0) is 23.1. The average Bonchev–Trinajstić information content (AvgIpc) is 2.78. The maximum absolute atomic E-state index is 14.4. The third-order valence-corrected chi connectivity index (χ3v) is 5.48. The van der Waals surface area contributed by atoms with E-state index in [1.54, 1.807) is 30.6 Å². The largest absolute Gasteiger partial charge is 0.354 e. The minimum Gasteiger partial charge on any atom is -0.354 e. The van der Waals surface area contributed by atoms with Crippen LogP contribution in [0, 0.1) is 5.82 Å². The maximum Gasteiger partial charge on any atom is 0.255 e. The van der Waals surface area contributed by atoms with E-state index in [4.69, 9.17) is 11.6 Å². The summed E-state index contributed by atoms with van der Waals surface area (Å²) in [6.45, 7) is 5.21. The summed E-state index contributed by atoms with van der Waals surface area (Å²) in [6.07, 6.45) is 6.78. The van der Waals surface area contributed by atoms with Gasteiger partial charge in [-0.25, -0.2) is 4.39 Å². The van der Waals surface area contributed by atoms with Gasteiger partial charge in [0.1, 0.15) is 5.82 Å². The van der Waals surface area contributed by atoms with Crippen molar-refractivity contribution in [3.05, 3.63) is 70.9 Å². The van der Waals surface area contributed by atoms with Gasteiger partial charge in [-0.3, -0.25) is 19.5 Å². The Bertz CT molecular complexity index is 1100. The smallest absolute Gasteiger partial charge is 0.255 e. The first-order valence-corrected chi connectivity index (χ1v) is 11.7. The fourth-order valence-electron chi connectivity index (χ4n) is 3.13. The first kappa shape index (κ1) is 24.0. The van der Waals surface area contributed by atoms with Crippen molar-refractivity contribution in [1.82, 2.24) is 20.0 Å². The number of amides is 1.